The Balaban J connectivity index is 3.29. The average molecular weight is 305 g/mol. The van der Waals surface area contributed by atoms with Gasteiger partial charge in [-0.1, -0.05) is 11.6 Å². The molecule has 0 fully saturated rings. The van der Waals surface area contributed by atoms with Gasteiger partial charge in [0.2, 0.25) is 0 Å². The van der Waals surface area contributed by atoms with Crippen molar-refractivity contribution in [3.8, 4) is 0 Å². The number of rotatable bonds is 1. The Morgan fingerprint density at radius 2 is 2.09 bits per heavy atom. The highest BCUT2D eigenvalue weighted by molar-refractivity contribution is 14.1. The largest absolute Gasteiger partial charge is 0.205 e. The Labute approximate surface area is 87.8 Å². The lowest BCUT2D eigenvalue weighted by atomic mass is 10.2. The molecule has 1 rings (SSSR count). The molecule has 11 heavy (non-hydrogen) atoms. The minimum Gasteiger partial charge on any atom is -0.205 e. The number of hydrogen-bond donors (Lipinski definition) is 0. The van der Waals surface area contributed by atoms with Crippen molar-refractivity contribution in [1.29, 1.82) is 0 Å². The minimum atomic E-state index is -0.312. The van der Waals surface area contributed by atoms with Gasteiger partial charge in [-0.25, -0.2) is 4.39 Å². The van der Waals surface area contributed by atoms with Crippen molar-refractivity contribution in [3.05, 3.63) is 32.1 Å². The van der Waals surface area contributed by atoms with Crippen LogP contribution in [0.15, 0.2) is 12.1 Å². The summed E-state index contributed by atoms with van der Waals surface area (Å²) >= 11 is 13.1. The van der Waals surface area contributed by atoms with Crippen LogP contribution >= 0.6 is 45.8 Å². The normalized spacial score (nSPS) is 10.2. The van der Waals surface area contributed by atoms with Gasteiger partial charge in [0, 0.05) is 14.2 Å². The van der Waals surface area contributed by atoms with E-state index in [9.17, 15) is 4.39 Å². The van der Waals surface area contributed by atoms with Gasteiger partial charge in [-0.2, -0.15) is 0 Å². The zero-order valence-electron chi connectivity index (χ0n) is 5.37. The van der Waals surface area contributed by atoms with Gasteiger partial charge in [0.15, 0.2) is 0 Å². The van der Waals surface area contributed by atoms with E-state index >= 15 is 0 Å². The summed E-state index contributed by atoms with van der Waals surface area (Å²) in [7, 11) is 0. The molecule has 1 aromatic carbocycles. The molecule has 60 valence electrons. The van der Waals surface area contributed by atoms with E-state index in [1.54, 1.807) is 12.1 Å². The summed E-state index contributed by atoms with van der Waals surface area (Å²) < 4.78 is 13.6. The Hall–Kier alpha value is 0.460. The zero-order chi connectivity index (χ0) is 8.43. The first-order valence-electron chi connectivity index (χ1n) is 2.85. The molecular weight excluding hydrogens is 301 g/mol. The molecule has 0 spiro atoms. The van der Waals surface area contributed by atoms with Crippen molar-refractivity contribution in [3.63, 3.8) is 0 Å². The quantitative estimate of drug-likeness (QED) is 0.420. The van der Waals surface area contributed by atoms with E-state index in [0.29, 0.717) is 14.2 Å². The molecule has 0 aliphatic rings. The van der Waals surface area contributed by atoms with E-state index in [4.69, 9.17) is 23.2 Å². The van der Waals surface area contributed by atoms with Crippen LogP contribution in [-0.2, 0) is 5.88 Å². The van der Waals surface area contributed by atoms with Crippen LogP contribution in [0.4, 0.5) is 4.39 Å². The summed E-state index contributed by atoms with van der Waals surface area (Å²) in [5, 5.41) is 0.387. The first-order valence-corrected chi connectivity index (χ1v) is 4.84. The van der Waals surface area contributed by atoms with Crippen LogP contribution in [0.3, 0.4) is 0 Å². The molecule has 1 aromatic rings. The highest BCUT2D eigenvalue weighted by Crippen LogP contribution is 2.24. The third-order valence-electron chi connectivity index (χ3n) is 1.27. The molecule has 0 aromatic heterocycles. The van der Waals surface area contributed by atoms with E-state index in [1.807, 2.05) is 22.6 Å². The van der Waals surface area contributed by atoms with E-state index < -0.39 is 0 Å². The van der Waals surface area contributed by atoms with Crippen molar-refractivity contribution in [2.75, 3.05) is 0 Å². The van der Waals surface area contributed by atoms with E-state index in [1.165, 1.54) is 0 Å². The van der Waals surface area contributed by atoms with Crippen LogP contribution in [0.5, 0.6) is 0 Å². The monoisotopic (exact) mass is 304 g/mol. The lowest BCUT2D eigenvalue weighted by Gasteiger charge is -2.02. The van der Waals surface area contributed by atoms with Crippen LogP contribution in [0.2, 0.25) is 5.02 Å². The standard InChI is InChI=1S/C7H4Cl2FI/c8-3-4-5(9)1-2-6(11)7(4)10/h1-2H,3H2. The summed E-state index contributed by atoms with van der Waals surface area (Å²) in [4.78, 5) is 0. The van der Waals surface area contributed by atoms with Crippen LogP contribution < -0.4 is 0 Å². The van der Waals surface area contributed by atoms with Gasteiger partial charge in [-0.05, 0) is 34.7 Å². The molecule has 0 radical (unpaired) electrons. The van der Waals surface area contributed by atoms with Crippen molar-refractivity contribution >= 4 is 45.8 Å². The molecule has 0 unspecified atom stereocenters. The molecule has 0 N–H and O–H groups in total. The average Bonchev–Trinajstić information content (AvgIpc) is 1.99. The van der Waals surface area contributed by atoms with Gasteiger partial charge in [0.1, 0.15) is 5.82 Å². The summed E-state index contributed by atoms with van der Waals surface area (Å²) in [5.41, 5.74) is 0.375. The fourth-order valence-electron chi connectivity index (χ4n) is 0.692. The van der Waals surface area contributed by atoms with Gasteiger partial charge in [0.05, 0.1) is 5.88 Å². The number of halogens is 4. The number of hydrogen-bond acceptors (Lipinski definition) is 0. The van der Waals surface area contributed by atoms with Gasteiger partial charge in [0.25, 0.3) is 0 Å². The molecule has 0 amide bonds. The number of benzene rings is 1. The van der Waals surface area contributed by atoms with Crippen LogP contribution in [-0.4, -0.2) is 0 Å². The van der Waals surface area contributed by atoms with E-state index in [2.05, 4.69) is 0 Å². The highest BCUT2D eigenvalue weighted by Gasteiger charge is 2.08. The minimum absolute atomic E-state index is 0.113. The smallest absolute Gasteiger partial charge is 0.142 e. The predicted molar refractivity (Wildman–Crippen MR) is 53.7 cm³/mol. The maximum Gasteiger partial charge on any atom is 0.142 e. The molecule has 0 nitrogen and oxygen atoms in total. The van der Waals surface area contributed by atoms with E-state index in [-0.39, 0.29) is 11.7 Å². The molecule has 0 aliphatic carbocycles. The molecule has 0 saturated carbocycles. The third kappa shape index (κ3) is 1.98. The second-order valence-corrected chi connectivity index (χ2v) is 3.79. The highest BCUT2D eigenvalue weighted by atomic mass is 127. The fourth-order valence-corrected chi connectivity index (χ4v) is 1.74. The van der Waals surface area contributed by atoms with Crippen molar-refractivity contribution in [1.82, 2.24) is 0 Å². The van der Waals surface area contributed by atoms with Crippen LogP contribution in [0.1, 0.15) is 5.56 Å². The Morgan fingerprint density at radius 3 is 2.55 bits per heavy atom. The van der Waals surface area contributed by atoms with Crippen LogP contribution in [0.25, 0.3) is 0 Å². The Morgan fingerprint density at radius 1 is 1.45 bits per heavy atom. The summed E-state index contributed by atoms with van der Waals surface area (Å²) in [5.74, 6) is -0.199. The summed E-state index contributed by atoms with van der Waals surface area (Å²) in [6, 6.07) is 3.26. The fraction of sp³-hybridized carbons (Fsp3) is 0.143. The lowest BCUT2D eigenvalue weighted by molar-refractivity contribution is 0.609. The van der Waals surface area contributed by atoms with Crippen molar-refractivity contribution < 1.29 is 4.39 Å². The lowest BCUT2D eigenvalue weighted by Crippen LogP contribution is -1.90. The number of alkyl halides is 1. The molecule has 0 aliphatic heterocycles. The topological polar surface area (TPSA) is 0 Å². The first-order chi connectivity index (χ1) is 5.16. The molecule has 4 heteroatoms. The van der Waals surface area contributed by atoms with E-state index in [0.717, 1.165) is 0 Å². The maximum atomic E-state index is 13.1. The van der Waals surface area contributed by atoms with Gasteiger partial charge < -0.3 is 0 Å². The second kappa shape index (κ2) is 3.92. The van der Waals surface area contributed by atoms with Crippen molar-refractivity contribution in [2.45, 2.75) is 5.88 Å². The van der Waals surface area contributed by atoms with Crippen molar-refractivity contribution in [2.24, 2.45) is 0 Å². The molecule has 0 saturated heterocycles. The van der Waals surface area contributed by atoms with Gasteiger partial charge in [-0.3, -0.25) is 0 Å². The van der Waals surface area contributed by atoms with Gasteiger partial charge >= 0.3 is 0 Å². The van der Waals surface area contributed by atoms with Crippen LogP contribution in [0, 0.1) is 9.39 Å². The zero-order valence-corrected chi connectivity index (χ0v) is 9.04. The summed E-state index contributed by atoms with van der Waals surface area (Å²) in [6.07, 6.45) is 0. The molecular formula is C7H4Cl2FI. The molecule has 0 bridgehead atoms. The SMILES string of the molecule is Fc1c(I)ccc(Cl)c1CCl. The second-order valence-electron chi connectivity index (χ2n) is 1.96. The predicted octanol–water partition coefficient (Wildman–Crippen LogP) is 3.82. The first kappa shape index (κ1) is 9.55. The Kier molecular flexibility index (Phi) is 3.40. The molecule has 0 atom stereocenters. The third-order valence-corrected chi connectivity index (χ3v) is 2.73. The maximum absolute atomic E-state index is 13.1. The molecule has 0 heterocycles. The van der Waals surface area contributed by atoms with Gasteiger partial charge in [-0.15, -0.1) is 11.6 Å². The summed E-state index contributed by atoms with van der Waals surface area (Å²) in [6.45, 7) is 0. The Bertz CT molecular complexity index is 275.